The molecule has 178 valence electrons. The van der Waals surface area contributed by atoms with Gasteiger partial charge in [-0.15, -0.1) is 11.3 Å². The van der Waals surface area contributed by atoms with Gasteiger partial charge in [-0.3, -0.25) is 4.79 Å². The fraction of sp³-hybridized carbons (Fsp3) is 0.520. The number of sulfone groups is 1. The van der Waals surface area contributed by atoms with Gasteiger partial charge in [0.05, 0.1) is 24.3 Å². The van der Waals surface area contributed by atoms with Crippen molar-refractivity contribution >= 4 is 38.7 Å². The molecule has 8 heteroatoms. The number of benzene rings is 1. The topological polar surface area (TPSA) is 80.8 Å². The van der Waals surface area contributed by atoms with Gasteiger partial charge in [0.2, 0.25) is 5.91 Å². The minimum absolute atomic E-state index is 0.00811. The normalized spacial score (nSPS) is 23.1. The Morgan fingerprint density at radius 2 is 1.64 bits per heavy atom. The Morgan fingerprint density at radius 3 is 2.24 bits per heavy atom. The number of methoxy groups -OCH3 is 1. The van der Waals surface area contributed by atoms with E-state index in [0.29, 0.717) is 29.3 Å². The second-order valence-corrected chi connectivity index (χ2v) is 12.6. The van der Waals surface area contributed by atoms with Gasteiger partial charge < -0.3 is 9.64 Å². The lowest BCUT2D eigenvalue weighted by atomic mass is 9.82. The number of hydrogen-bond acceptors (Lipinski definition) is 6. The maximum atomic E-state index is 13.9. The summed E-state index contributed by atoms with van der Waals surface area (Å²) in [7, 11) is -1.74. The zero-order valence-electron chi connectivity index (χ0n) is 19.2. The highest BCUT2D eigenvalue weighted by molar-refractivity contribution is 7.91. The summed E-state index contributed by atoms with van der Waals surface area (Å²) in [6.45, 7) is 2.21. The molecule has 0 spiro atoms. The van der Waals surface area contributed by atoms with Crippen LogP contribution in [0, 0.1) is 11.8 Å². The van der Waals surface area contributed by atoms with E-state index in [4.69, 9.17) is 4.74 Å². The van der Waals surface area contributed by atoms with Crippen molar-refractivity contribution in [3.63, 3.8) is 0 Å². The molecule has 0 bridgehead atoms. The molecule has 2 aromatic rings. The maximum absolute atomic E-state index is 13.9. The van der Waals surface area contributed by atoms with Gasteiger partial charge in [0, 0.05) is 16.8 Å². The van der Waals surface area contributed by atoms with Crippen LogP contribution in [0.5, 0.6) is 0 Å². The van der Waals surface area contributed by atoms with Crippen LogP contribution < -0.4 is 4.90 Å². The van der Waals surface area contributed by atoms with Crippen molar-refractivity contribution in [1.29, 1.82) is 0 Å². The molecule has 1 aromatic heterocycles. The van der Waals surface area contributed by atoms with Crippen molar-refractivity contribution in [3.8, 4) is 10.4 Å². The molecular formula is C25H31NO5S2. The van der Waals surface area contributed by atoms with Gasteiger partial charge in [-0.25, -0.2) is 13.2 Å². The number of esters is 1. The minimum Gasteiger partial charge on any atom is -0.465 e. The van der Waals surface area contributed by atoms with Gasteiger partial charge in [-0.1, -0.05) is 37.3 Å². The highest BCUT2D eigenvalue weighted by Gasteiger charge is 2.38. The van der Waals surface area contributed by atoms with E-state index in [0.717, 1.165) is 36.1 Å². The zero-order chi connectivity index (χ0) is 23.6. The molecule has 1 amide bonds. The lowest BCUT2D eigenvalue weighted by molar-refractivity contribution is -0.124. The van der Waals surface area contributed by atoms with E-state index in [1.54, 1.807) is 4.90 Å². The second-order valence-electron chi connectivity index (χ2n) is 9.23. The second kappa shape index (κ2) is 9.97. The predicted octanol–water partition coefficient (Wildman–Crippen LogP) is 4.94. The van der Waals surface area contributed by atoms with Gasteiger partial charge in [-0.05, 0) is 56.1 Å². The molecule has 6 nitrogen and oxygen atoms in total. The van der Waals surface area contributed by atoms with Crippen molar-refractivity contribution in [1.82, 2.24) is 0 Å². The number of nitrogens with zero attached hydrogens (tertiary/aromatic N) is 1. The molecule has 0 unspecified atom stereocenters. The average Bonchev–Trinajstić information content (AvgIpc) is 3.25. The number of rotatable bonds is 5. The van der Waals surface area contributed by atoms with Gasteiger partial charge in [0.1, 0.15) is 14.7 Å². The van der Waals surface area contributed by atoms with Crippen LogP contribution >= 0.6 is 11.3 Å². The lowest BCUT2D eigenvalue weighted by Crippen LogP contribution is -2.48. The number of ether oxygens (including phenoxy) is 1. The zero-order valence-corrected chi connectivity index (χ0v) is 20.8. The number of anilines is 1. The summed E-state index contributed by atoms with van der Waals surface area (Å²) >= 11 is 1.32. The van der Waals surface area contributed by atoms with Crippen molar-refractivity contribution < 1.29 is 22.7 Å². The standard InChI is InChI=1S/C25H31NO5S2/c1-17-8-10-19(11-9-17)24(27)26(20-12-14-33(29,30)15-13-20)21-16-22(18-6-4-3-5-7-18)32-23(21)25(28)31-2/h3-7,16-17,19-20H,8-15H2,1-2H3/t17-,19-. The fourth-order valence-corrected chi connectivity index (χ4v) is 7.42. The first-order chi connectivity index (χ1) is 15.8. The lowest BCUT2D eigenvalue weighted by Gasteiger charge is -2.37. The van der Waals surface area contributed by atoms with Gasteiger partial charge in [0.15, 0.2) is 0 Å². The smallest absolute Gasteiger partial charge is 0.350 e. The van der Waals surface area contributed by atoms with Crippen LogP contribution in [0.3, 0.4) is 0 Å². The maximum Gasteiger partial charge on any atom is 0.350 e. The van der Waals surface area contributed by atoms with Crippen LogP contribution in [-0.2, 0) is 19.4 Å². The highest BCUT2D eigenvalue weighted by Crippen LogP contribution is 2.41. The molecular weight excluding hydrogens is 458 g/mol. The molecule has 4 rings (SSSR count). The van der Waals surface area contributed by atoms with Gasteiger partial charge in [-0.2, -0.15) is 0 Å². The predicted molar refractivity (Wildman–Crippen MR) is 131 cm³/mol. The SMILES string of the molecule is COC(=O)c1sc(-c2ccccc2)cc1N(C(=O)[C@H]1CC[C@H](C)CC1)C1CCS(=O)(=O)CC1. The Balaban J connectivity index is 1.76. The van der Waals surface area contributed by atoms with E-state index in [1.807, 2.05) is 36.4 Å². The number of hydrogen-bond donors (Lipinski definition) is 0. The fourth-order valence-electron chi connectivity index (χ4n) is 4.88. The van der Waals surface area contributed by atoms with Crippen LogP contribution in [0.1, 0.15) is 55.1 Å². The molecule has 2 heterocycles. The third kappa shape index (κ3) is 5.32. The summed E-state index contributed by atoms with van der Waals surface area (Å²) in [6, 6.07) is 11.4. The van der Waals surface area contributed by atoms with Crippen LogP contribution in [0.15, 0.2) is 36.4 Å². The molecule has 0 radical (unpaired) electrons. The molecule has 1 aromatic carbocycles. The van der Waals surface area contributed by atoms with Gasteiger partial charge in [0.25, 0.3) is 0 Å². The van der Waals surface area contributed by atoms with E-state index in [2.05, 4.69) is 6.92 Å². The average molecular weight is 490 g/mol. The monoisotopic (exact) mass is 489 g/mol. The molecule has 2 fully saturated rings. The first kappa shape index (κ1) is 24.0. The van der Waals surface area contributed by atoms with E-state index < -0.39 is 15.8 Å². The summed E-state index contributed by atoms with van der Waals surface area (Å²) in [4.78, 5) is 29.7. The van der Waals surface area contributed by atoms with Crippen LogP contribution in [0.4, 0.5) is 5.69 Å². The molecule has 1 saturated carbocycles. The van der Waals surface area contributed by atoms with Crippen molar-refractivity contribution in [2.75, 3.05) is 23.5 Å². The van der Waals surface area contributed by atoms with E-state index >= 15 is 0 Å². The Morgan fingerprint density at radius 1 is 1.00 bits per heavy atom. The van der Waals surface area contributed by atoms with Crippen LogP contribution in [-0.4, -0.2) is 45.0 Å². The first-order valence-corrected chi connectivity index (χ1v) is 14.2. The number of carbonyl (C=O) groups excluding carboxylic acids is 2. The number of amides is 1. The summed E-state index contributed by atoms with van der Waals surface area (Å²) in [6.07, 6.45) is 4.43. The summed E-state index contributed by atoms with van der Waals surface area (Å²) in [5.74, 6) is 0.159. The minimum atomic E-state index is -3.09. The molecule has 1 saturated heterocycles. The number of thiophene rings is 1. The third-order valence-corrected chi connectivity index (χ3v) is 9.76. The molecule has 2 aliphatic rings. The van der Waals surface area contributed by atoms with Crippen molar-refractivity contribution in [2.24, 2.45) is 11.8 Å². The van der Waals surface area contributed by atoms with Crippen LogP contribution in [0.2, 0.25) is 0 Å². The summed E-state index contributed by atoms with van der Waals surface area (Å²) < 4.78 is 29.3. The number of carbonyl (C=O) groups is 2. The Labute approximate surface area is 199 Å². The Bertz CT molecular complexity index is 1090. The largest absolute Gasteiger partial charge is 0.465 e. The van der Waals surface area contributed by atoms with Crippen LogP contribution in [0.25, 0.3) is 10.4 Å². The first-order valence-electron chi connectivity index (χ1n) is 11.6. The van der Waals surface area contributed by atoms with E-state index in [-0.39, 0.29) is 29.4 Å². The molecule has 0 atom stereocenters. The van der Waals surface area contributed by atoms with Crippen molar-refractivity contribution in [3.05, 3.63) is 41.3 Å². The third-order valence-electron chi connectivity index (χ3n) is 6.89. The quantitative estimate of drug-likeness (QED) is 0.556. The Hall–Kier alpha value is -2.19. The molecule has 1 aliphatic carbocycles. The molecule has 33 heavy (non-hydrogen) atoms. The van der Waals surface area contributed by atoms with Gasteiger partial charge >= 0.3 is 5.97 Å². The highest BCUT2D eigenvalue weighted by atomic mass is 32.2. The molecule has 0 N–H and O–H groups in total. The van der Waals surface area contributed by atoms with E-state index in [9.17, 15) is 18.0 Å². The molecule has 1 aliphatic heterocycles. The Kier molecular flexibility index (Phi) is 7.24. The van der Waals surface area contributed by atoms with E-state index in [1.165, 1.54) is 18.4 Å². The summed E-state index contributed by atoms with van der Waals surface area (Å²) in [5.41, 5.74) is 1.52. The van der Waals surface area contributed by atoms with Crippen molar-refractivity contribution in [2.45, 2.75) is 51.5 Å². The summed E-state index contributed by atoms with van der Waals surface area (Å²) in [5, 5.41) is 0.